The largest absolute Gasteiger partial charge is 0.330 e. The van der Waals surface area contributed by atoms with Gasteiger partial charge in [-0.05, 0) is 41.1 Å². The van der Waals surface area contributed by atoms with Gasteiger partial charge in [0.25, 0.3) is 0 Å². The van der Waals surface area contributed by atoms with Gasteiger partial charge in [0, 0.05) is 10.8 Å². The van der Waals surface area contributed by atoms with E-state index in [1.165, 1.54) is 21.6 Å². The third-order valence-electron chi connectivity index (χ3n) is 5.55. The van der Waals surface area contributed by atoms with E-state index in [1.807, 2.05) is 11.3 Å². The second-order valence-electron chi connectivity index (χ2n) is 7.05. The lowest BCUT2D eigenvalue weighted by Gasteiger charge is -2.42. The molecule has 1 unspecified atom stereocenters. The summed E-state index contributed by atoms with van der Waals surface area (Å²) in [7, 11) is 0. The molecule has 0 spiro atoms. The third kappa shape index (κ3) is 3.30. The van der Waals surface area contributed by atoms with Gasteiger partial charge in [0.1, 0.15) is 0 Å². The van der Waals surface area contributed by atoms with Crippen LogP contribution in [-0.2, 0) is 5.41 Å². The van der Waals surface area contributed by atoms with Crippen molar-refractivity contribution in [3.8, 4) is 0 Å². The van der Waals surface area contributed by atoms with E-state index in [0.717, 1.165) is 6.42 Å². The number of hydrogen-bond donors (Lipinski definition) is 1. The lowest BCUT2D eigenvalue weighted by atomic mass is 9.60. The zero-order valence-corrected chi connectivity index (χ0v) is 16.7. The Kier molecular flexibility index (Phi) is 5.70. The van der Waals surface area contributed by atoms with Crippen molar-refractivity contribution < 1.29 is 0 Å². The van der Waals surface area contributed by atoms with Crippen LogP contribution in [0.1, 0.15) is 33.9 Å². The van der Waals surface area contributed by atoms with Gasteiger partial charge in [-0.15, -0.1) is 11.3 Å². The third-order valence-corrected chi connectivity index (χ3v) is 6.54. The fourth-order valence-electron chi connectivity index (χ4n) is 4.44. The average Bonchev–Trinajstić information content (AvgIpc) is 3.30. The topological polar surface area (TPSA) is 26.0 Å². The average molecular weight is 384 g/mol. The minimum atomic E-state index is -0.298. The summed E-state index contributed by atoms with van der Waals surface area (Å²) >= 11 is 1.83. The van der Waals surface area contributed by atoms with Crippen LogP contribution in [0.15, 0.2) is 109 Å². The fourth-order valence-corrected chi connectivity index (χ4v) is 5.37. The van der Waals surface area contributed by atoms with E-state index in [2.05, 4.69) is 109 Å². The highest BCUT2D eigenvalue weighted by molar-refractivity contribution is 7.10. The summed E-state index contributed by atoms with van der Waals surface area (Å²) < 4.78 is 0. The lowest BCUT2D eigenvalue weighted by molar-refractivity contribution is 0.461. The van der Waals surface area contributed by atoms with Crippen LogP contribution >= 0.6 is 11.3 Å². The molecule has 2 heteroatoms. The van der Waals surface area contributed by atoms with Gasteiger partial charge in [0.2, 0.25) is 0 Å². The first-order valence-corrected chi connectivity index (χ1v) is 10.7. The molecule has 0 fully saturated rings. The quantitative estimate of drug-likeness (QED) is 0.377. The second kappa shape index (κ2) is 8.55. The van der Waals surface area contributed by atoms with Gasteiger partial charge in [-0.1, -0.05) is 97.1 Å². The Morgan fingerprint density at radius 2 is 1.11 bits per heavy atom. The number of hydrogen-bond acceptors (Lipinski definition) is 2. The molecule has 1 nitrogen and oxygen atoms in total. The van der Waals surface area contributed by atoms with E-state index in [-0.39, 0.29) is 11.3 Å². The predicted octanol–water partition coefficient (Wildman–Crippen LogP) is 6.22. The van der Waals surface area contributed by atoms with Crippen LogP contribution < -0.4 is 5.73 Å². The minimum absolute atomic E-state index is 0.254. The number of rotatable bonds is 7. The maximum atomic E-state index is 6.17. The highest BCUT2D eigenvalue weighted by Crippen LogP contribution is 2.51. The molecule has 0 radical (unpaired) electrons. The van der Waals surface area contributed by atoms with Crippen molar-refractivity contribution in [1.82, 2.24) is 0 Å². The number of thiophene rings is 1. The molecular formula is C26H25NS. The SMILES string of the molecule is NCCC(c1cccs1)C(c1ccccc1)(c1ccccc1)c1ccccc1. The number of benzene rings is 3. The predicted molar refractivity (Wildman–Crippen MR) is 120 cm³/mol. The Hall–Kier alpha value is -2.68. The van der Waals surface area contributed by atoms with E-state index in [1.54, 1.807) is 0 Å². The molecule has 0 saturated carbocycles. The van der Waals surface area contributed by atoms with Crippen molar-refractivity contribution in [3.05, 3.63) is 130 Å². The summed E-state index contributed by atoms with van der Waals surface area (Å²) in [6, 6.07) is 37.1. The van der Waals surface area contributed by atoms with E-state index in [9.17, 15) is 0 Å². The Balaban J connectivity index is 2.09. The first kappa shape index (κ1) is 18.7. The Bertz CT molecular complexity index is 866. The number of nitrogens with two attached hydrogens (primary N) is 1. The molecule has 0 amide bonds. The molecule has 1 heterocycles. The Labute approximate surface area is 171 Å². The second-order valence-corrected chi connectivity index (χ2v) is 8.03. The minimum Gasteiger partial charge on any atom is -0.330 e. The van der Waals surface area contributed by atoms with Crippen LogP contribution in [0.5, 0.6) is 0 Å². The normalized spacial score (nSPS) is 12.6. The molecular weight excluding hydrogens is 358 g/mol. The van der Waals surface area contributed by atoms with Gasteiger partial charge in [-0.3, -0.25) is 0 Å². The van der Waals surface area contributed by atoms with Gasteiger partial charge < -0.3 is 5.73 Å². The summed E-state index contributed by atoms with van der Waals surface area (Å²) in [6.45, 7) is 0.650. The molecule has 0 saturated heterocycles. The van der Waals surface area contributed by atoms with Crippen LogP contribution in [0.25, 0.3) is 0 Å². The van der Waals surface area contributed by atoms with Crippen LogP contribution in [0, 0.1) is 0 Å². The monoisotopic (exact) mass is 383 g/mol. The van der Waals surface area contributed by atoms with E-state index in [4.69, 9.17) is 5.73 Å². The van der Waals surface area contributed by atoms with Crippen molar-refractivity contribution in [2.75, 3.05) is 6.54 Å². The van der Waals surface area contributed by atoms with E-state index < -0.39 is 0 Å². The summed E-state index contributed by atoms with van der Waals surface area (Å²) in [6.07, 6.45) is 0.916. The highest BCUT2D eigenvalue weighted by Gasteiger charge is 2.44. The summed E-state index contributed by atoms with van der Waals surface area (Å²) in [4.78, 5) is 1.38. The first-order valence-electron chi connectivity index (χ1n) is 9.77. The zero-order chi connectivity index (χ0) is 19.2. The molecule has 1 aromatic heterocycles. The summed E-state index contributed by atoms with van der Waals surface area (Å²) in [5.74, 6) is 0.254. The molecule has 0 aliphatic carbocycles. The Morgan fingerprint density at radius 3 is 1.46 bits per heavy atom. The summed E-state index contributed by atoms with van der Waals surface area (Å²) in [5.41, 5.74) is 9.79. The van der Waals surface area contributed by atoms with E-state index >= 15 is 0 Å². The van der Waals surface area contributed by atoms with Crippen molar-refractivity contribution in [2.45, 2.75) is 17.8 Å². The molecule has 0 aliphatic rings. The van der Waals surface area contributed by atoms with Crippen LogP contribution in [0.4, 0.5) is 0 Å². The molecule has 1 atom stereocenters. The first-order chi connectivity index (χ1) is 13.9. The molecule has 28 heavy (non-hydrogen) atoms. The lowest BCUT2D eigenvalue weighted by Crippen LogP contribution is -2.37. The molecule has 4 rings (SSSR count). The summed E-state index contributed by atoms with van der Waals surface area (Å²) in [5, 5.41) is 2.17. The highest BCUT2D eigenvalue weighted by atomic mass is 32.1. The zero-order valence-electron chi connectivity index (χ0n) is 15.9. The molecule has 0 aliphatic heterocycles. The fraction of sp³-hybridized carbons (Fsp3) is 0.154. The smallest absolute Gasteiger partial charge is 0.0527 e. The van der Waals surface area contributed by atoms with Gasteiger partial charge in [-0.2, -0.15) is 0 Å². The van der Waals surface area contributed by atoms with Gasteiger partial charge >= 0.3 is 0 Å². The van der Waals surface area contributed by atoms with Crippen molar-refractivity contribution in [1.29, 1.82) is 0 Å². The molecule has 4 aromatic rings. The van der Waals surface area contributed by atoms with Crippen molar-refractivity contribution >= 4 is 11.3 Å². The van der Waals surface area contributed by atoms with Crippen LogP contribution in [0.3, 0.4) is 0 Å². The van der Waals surface area contributed by atoms with Crippen molar-refractivity contribution in [3.63, 3.8) is 0 Å². The van der Waals surface area contributed by atoms with Gasteiger partial charge in [-0.25, -0.2) is 0 Å². The molecule has 0 bridgehead atoms. The van der Waals surface area contributed by atoms with Gasteiger partial charge in [0.05, 0.1) is 5.41 Å². The van der Waals surface area contributed by atoms with Crippen LogP contribution in [-0.4, -0.2) is 6.54 Å². The maximum absolute atomic E-state index is 6.17. The van der Waals surface area contributed by atoms with Gasteiger partial charge in [0.15, 0.2) is 0 Å². The molecule has 140 valence electrons. The van der Waals surface area contributed by atoms with E-state index in [0.29, 0.717) is 6.54 Å². The van der Waals surface area contributed by atoms with Crippen LogP contribution in [0.2, 0.25) is 0 Å². The van der Waals surface area contributed by atoms with Crippen molar-refractivity contribution in [2.24, 2.45) is 5.73 Å². The Morgan fingerprint density at radius 1 is 0.643 bits per heavy atom. The molecule has 3 aromatic carbocycles. The molecule has 2 N–H and O–H groups in total. The maximum Gasteiger partial charge on any atom is 0.0527 e. The standard InChI is InChI=1S/C26H25NS/c27-19-18-24(25-17-10-20-28-25)26(21-11-4-1-5-12-21,22-13-6-2-7-14-22)23-15-8-3-9-16-23/h1-17,20,24H,18-19,27H2.